The van der Waals surface area contributed by atoms with E-state index in [1.54, 1.807) is 6.92 Å². The zero-order valence-corrected chi connectivity index (χ0v) is 13.7. The monoisotopic (exact) mass is 272 g/mol. The van der Waals surface area contributed by atoms with Crippen LogP contribution in [-0.2, 0) is 9.53 Å². The van der Waals surface area contributed by atoms with Crippen LogP contribution >= 0.6 is 0 Å². The summed E-state index contributed by atoms with van der Waals surface area (Å²) in [6.45, 7) is 11.8. The second-order valence-corrected chi connectivity index (χ2v) is 6.89. The van der Waals surface area contributed by atoms with Crippen molar-refractivity contribution in [2.75, 3.05) is 20.7 Å². The molecule has 0 aromatic carbocycles. The lowest BCUT2D eigenvalue weighted by molar-refractivity contribution is -0.146. The van der Waals surface area contributed by atoms with Crippen LogP contribution < -0.4 is 5.73 Å². The van der Waals surface area contributed by atoms with Crippen molar-refractivity contribution < 1.29 is 9.53 Å². The van der Waals surface area contributed by atoms with E-state index in [9.17, 15) is 4.79 Å². The molecule has 0 aromatic rings. The zero-order chi connectivity index (χ0) is 15.3. The number of methoxy groups -OCH3 is 1. The predicted octanol–water partition coefficient (Wildman–Crippen LogP) is 2.41. The van der Waals surface area contributed by atoms with Gasteiger partial charge in [-0.2, -0.15) is 0 Å². The van der Waals surface area contributed by atoms with Crippen LogP contribution in [0.3, 0.4) is 0 Å². The normalized spacial score (nSPS) is 17.1. The predicted molar refractivity (Wildman–Crippen MR) is 80.0 cm³/mol. The number of hydrogen-bond acceptors (Lipinski definition) is 4. The van der Waals surface area contributed by atoms with Crippen molar-refractivity contribution in [1.82, 2.24) is 4.90 Å². The average molecular weight is 272 g/mol. The van der Waals surface area contributed by atoms with Gasteiger partial charge in [0, 0.05) is 6.04 Å². The molecule has 0 saturated carbocycles. The Balaban J connectivity index is 4.02. The Morgan fingerprint density at radius 1 is 1.26 bits per heavy atom. The molecule has 0 aliphatic rings. The fourth-order valence-corrected chi connectivity index (χ4v) is 2.04. The summed E-state index contributed by atoms with van der Waals surface area (Å²) in [7, 11) is 3.53. The Hall–Kier alpha value is -0.610. The Bertz CT molecular complexity index is 282. The van der Waals surface area contributed by atoms with Crippen molar-refractivity contribution in [3.05, 3.63) is 0 Å². The van der Waals surface area contributed by atoms with Gasteiger partial charge in [0.25, 0.3) is 0 Å². The first-order valence-corrected chi connectivity index (χ1v) is 7.10. The highest BCUT2D eigenvalue weighted by Gasteiger charge is 2.29. The van der Waals surface area contributed by atoms with Gasteiger partial charge in [-0.15, -0.1) is 0 Å². The number of nitrogens with two attached hydrogens (primary N) is 1. The standard InChI is InChI=1S/C15H32N2O2/c1-12(14(2,3)4)17(6)11-9-8-10-15(5,16)13(18)19-7/h12H,8-11,16H2,1-7H3. The summed E-state index contributed by atoms with van der Waals surface area (Å²) in [6.07, 6.45) is 2.64. The smallest absolute Gasteiger partial charge is 0.325 e. The number of carbonyl (C=O) groups is 1. The van der Waals surface area contributed by atoms with Gasteiger partial charge in [-0.05, 0) is 52.1 Å². The van der Waals surface area contributed by atoms with E-state index in [1.807, 2.05) is 0 Å². The molecule has 4 nitrogen and oxygen atoms in total. The third kappa shape index (κ3) is 6.39. The summed E-state index contributed by atoms with van der Waals surface area (Å²) in [5.74, 6) is -0.330. The van der Waals surface area contributed by atoms with E-state index in [0.29, 0.717) is 12.5 Å². The minimum Gasteiger partial charge on any atom is -0.468 e. The number of unbranched alkanes of at least 4 members (excludes halogenated alkanes) is 1. The summed E-state index contributed by atoms with van der Waals surface area (Å²) in [6, 6.07) is 0.525. The molecule has 2 unspecified atom stereocenters. The van der Waals surface area contributed by atoms with E-state index in [0.717, 1.165) is 19.4 Å². The molecule has 2 N–H and O–H groups in total. The molecule has 114 valence electrons. The average Bonchev–Trinajstić information content (AvgIpc) is 2.31. The molecule has 2 atom stereocenters. The van der Waals surface area contributed by atoms with Crippen molar-refractivity contribution in [2.24, 2.45) is 11.1 Å². The highest BCUT2D eigenvalue weighted by atomic mass is 16.5. The lowest BCUT2D eigenvalue weighted by Gasteiger charge is -2.35. The minimum absolute atomic E-state index is 0.281. The van der Waals surface area contributed by atoms with Gasteiger partial charge in [0.05, 0.1) is 7.11 Å². The maximum atomic E-state index is 11.4. The molecule has 0 bridgehead atoms. The third-order valence-electron chi connectivity index (χ3n) is 4.02. The Morgan fingerprint density at radius 2 is 1.79 bits per heavy atom. The molecular weight excluding hydrogens is 240 g/mol. The fourth-order valence-electron chi connectivity index (χ4n) is 2.04. The van der Waals surface area contributed by atoms with Gasteiger partial charge in [-0.1, -0.05) is 20.8 Å². The van der Waals surface area contributed by atoms with Crippen molar-refractivity contribution in [3.63, 3.8) is 0 Å². The van der Waals surface area contributed by atoms with Crippen LogP contribution in [0.4, 0.5) is 0 Å². The molecule has 0 fully saturated rings. The van der Waals surface area contributed by atoms with Gasteiger partial charge < -0.3 is 15.4 Å². The third-order valence-corrected chi connectivity index (χ3v) is 4.02. The maximum absolute atomic E-state index is 11.4. The molecule has 0 heterocycles. The van der Waals surface area contributed by atoms with Crippen LogP contribution in [0.5, 0.6) is 0 Å². The van der Waals surface area contributed by atoms with E-state index in [-0.39, 0.29) is 11.4 Å². The van der Waals surface area contributed by atoms with E-state index >= 15 is 0 Å². The topological polar surface area (TPSA) is 55.6 Å². The van der Waals surface area contributed by atoms with Gasteiger partial charge in [-0.3, -0.25) is 4.79 Å². The summed E-state index contributed by atoms with van der Waals surface area (Å²) < 4.78 is 4.70. The SMILES string of the molecule is COC(=O)C(C)(N)CCCCN(C)C(C)C(C)(C)C. The van der Waals surface area contributed by atoms with Crippen LogP contribution in [0, 0.1) is 5.41 Å². The Morgan fingerprint density at radius 3 is 2.21 bits per heavy atom. The van der Waals surface area contributed by atoms with Crippen LogP contribution in [0.15, 0.2) is 0 Å². The van der Waals surface area contributed by atoms with E-state index in [4.69, 9.17) is 10.5 Å². The summed E-state index contributed by atoms with van der Waals surface area (Å²) in [4.78, 5) is 13.8. The molecule has 0 radical (unpaired) electrons. The number of carbonyl (C=O) groups excluding carboxylic acids is 1. The van der Waals surface area contributed by atoms with Gasteiger partial charge in [0.2, 0.25) is 0 Å². The van der Waals surface area contributed by atoms with Crippen molar-refractivity contribution >= 4 is 5.97 Å². The van der Waals surface area contributed by atoms with Gasteiger partial charge in [0.15, 0.2) is 0 Å². The second-order valence-electron chi connectivity index (χ2n) is 6.89. The van der Waals surface area contributed by atoms with Crippen molar-refractivity contribution in [2.45, 2.75) is 65.5 Å². The lowest BCUT2D eigenvalue weighted by atomic mass is 9.87. The first kappa shape index (κ1) is 18.4. The number of esters is 1. The molecule has 0 rings (SSSR count). The number of rotatable bonds is 7. The van der Waals surface area contributed by atoms with E-state index in [2.05, 4.69) is 39.6 Å². The van der Waals surface area contributed by atoms with Crippen molar-refractivity contribution in [1.29, 1.82) is 0 Å². The Kier molecular flexibility index (Phi) is 7.01. The summed E-state index contributed by atoms with van der Waals surface area (Å²) in [5.41, 5.74) is 5.35. The molecular formula is C15H32N2O2. The summed E-state index contributed by atoms with van der Waals surface area (Å²) in [5, 5.41) is 0. The van der Waals surface area contributed by atoms with Crippen LogP contribution in [-0.4, -0.2) is 43.2 Å². The zero-order valence-electron chi connectivity index (χ0n) is 13.7. The minimum atomic E-state index is -0.858. The van der Waals surface area contributed by atoms with E-state index in [1.165, 1.54) is 7.11 Å². The maximum Gasteiger partial charge on any atom is 0.325 e. The lowest BCUT2D eigenvalue weighted by Crippen LogP contribution is -2.45. The number of hydrogen-bond donors (Lipinski definition) is 1. The fraction of sp³-hybridized carbons (Fsp3) is 0.933. The number of ether oxygens (including phenoxy) is 1. The number of nitrogens with zero attached hydrogens (tertiary/aromatic N) is 1. The van der Waals surface area contributed by atoms with E-state index < -0.39 is 5.54 Å². The van der Waals surface area contributed by atoms with Gasteiger partial charge in [0.1, 0.15) is 5.54 Å². The molecule has 0 amide bonds. The molecule has 19 heavy (non-hydrogen) atoms. The Labute approximate surface area is 118 Å². The molecule has 0 aliphatic heterocycles. The molecule has 0 spiro atoms. The quantitative estimate of drug-likeness (QED) is 0.571. The highest BCUT2D eigenvalue weighted by Crippen LogP contribution is 2.23. The highest BCUT2D eigenvalue weighted by molar-refractivity contribution is 5.79. The molecule has 0 saturated heterocycles. The van der Waals surface area contributed by atoms with Crippen LogP contribution in [0.2, 0.25) is 0 Å². The summed E-state index contributed by atoms with van der Waals surface area (Å²) >= 11 is 0. The second kappa shape index (κ2) is 7.25. The molecule has 0 aromatic heterocycles. The molecule has 0 aliphatic carbocycles. The van der Waals surface area contributed by atoms with Gasteiger partial charge in [-0.25, -0.2) is 0 Å². The first-order valence-electron chi connectivity index (χ1n) is 7.10. The first-order chi connectivity index (χ1) is 8.52. The van der Waals surface area contributed by atoms with Crippen molar-refractivity contribution in [3.8, 4) is 0 Å². The van der Waals surface area contributed by atoms with Gasteiger partial charge >= 0.3 is 5.97 Å². The molecule has 4 heteroatoms. The van der Waals surface area contributed by atoms with Crippen LogP contribution in [0.25, 0.3) is 0 Å². The largest absolute Gasteiger partial charge is 0.468 e. The van der Waals surface area contributed by atoms with Crippen LogP contribution in [0.1, 0.15) is 53.9 Å².